The topological polar surface area (TPSA) is 137 Å². The smallest absolute Gasteiger partial charge is 0.309 e. The Morgan fingerprint density at radius 2 is 2.12 bits per heavy atom. The fourth-order valence-corrected chi connectivity index (χ4v) is 2.29. The molecule has 0 bridgehead atoms. The highest BCUT2D eigenvalue weighted by Gasteiger charge is 2.25. The molecule has 0 aliphatic rings. The molecule has 0 aliphatic carbocycles. The fourth-order valence-electron chi connectivity index (χ4n) is 2.29. The lowest BCUT2D eigenvalue weighted by Gasteiger charge is -2.13. The molecular weight excluding hydrogens is 330 g/mol. The quantitative estimate of drug-likeness (QED) is 0.586. The first-order valence-corrected chi connectivity index (χ1v) is 7.59. The second-order valence-corrected chi connectivity index (χ2v) is 5.31. The zero-order valence-corrected chi connectivity index (χ0v) is 14.3. The Balaban J connectivity index is 2.26. The molecule has 2 heterocycles. The average Bonchev–Trinajstić information content (AvgIpc) is 3.16. The van der Waals surface area contributed by atoms with Crippen LogP contribution in [0.1, 0.15) is 36.1 Å². The second kappa shape index (κ2) is 7.11. The molecule has 1 unspecified atom stereocenters. The van der Waals surface area contributed by atoms with Gasteiger partial charge < -0.3 is 10.6 Å². The van der Waals surface area contributed by atoms with Crippen molar-refractivity contribution in [1.82, 2.24) is 24.9 Å². The molecule has 0 aromatic carbocycles. The summed E-state index contributed by atoms with van der Waals surface area (Å²) < 4.78 is 2.78. The summed E-state index contributed by atoms with van der Waals surface area (Å²) in [6.07, 6.45) is 2.65. The molecule has 2 rings (SSSR count). The first-order chi connectivity index (χ1) is 11.8. The number of carbonyl (C=O) groups excluding carboxylic acids is 2. The van der Waals surface area contributed by atoms with E-state index in [2.05, 4.69) is 20.8 Å². The van der Waals surface area contributed by atoms with E-state index in [-0.39, 0.29) is 22.8 Å². The molecule has 0 fully saturated rings. The second-order valence-electron chi connectivity index (χ2n) is 5.31. The van der Waals surface area contributed by atoms with Crippen LogP contribution in [-0.4, -0.2) is 43.3 Å². The van der Waals surface area contributed by atoms with Crippen LogP contribution in [0, 0.1) is 17.0 Å². The van der Waals surface area contributed by atoms with Crippen molar-refractivity contribution in [2.45, 2.75) is 33.4 Å². The lowest BCUT2D eigenvalue weighted by atomic mass is 10.2. The van der Waals surface area contributed by atoms with Gasteiger partial charge in [-0.05, 0) is 20.8 Å². The maximum Gasteiger partial charge on any atom is 0.309 e. The van der Waals surface area contributed by atoms with Crippen LogP contribution >= 0.6 is 0 Å². The van der Waals surface area contributed by atoms with E-state index >= 15 is 0 Å². The van der Waals surface area contributed by atoms with Crippen molar-refractivity contribution in [2.24, 2.45) is 0 Å². The van der Waals surface area contributed by atoms with Crippen molar-refractivity contribution in [2.75, 3.05) is 12.4 Å². The monoisotopic (exact) mass is 349 g/mol. The molecule has 2 aromatic rings. The number of nitrogens with one attached hydrogen (secondary N) is 2. The number of anilines is 1. The van der Waals surface area contributed by atoms with E-state index in [1.165, 1.54) is 23.3 Å². The van der Waals surface area contributed by atoms with Gasteiger partial charge in [0.15, 0.2) is 5.69 Å². The summed E-state index contributed by atoms with van der Waals surface area (Å²) in [6.45, 7) is 5.45. The number of nitrogens with zero attached hydrogens (tertiary/aromatic N) is 5. The van der Waals surface area contributed by atoms with E-state index in [4.69, 9.17) is 0 Å². The Bertz CT molecular complexity index is 823. The van der Waals surface area contributed by atoms with Gasteiger partial charge in [-0.25, -0.2) is 0 Å². The van der Waals surface area contributed by atoms with E-state index in [1.54, 1.807) is 13.1 Å². The molecule has 0 aliphatic heterocycles. The third kappa shape index (κ3) is 3.49. The third-order valence-corrected chi connectivity index (χ3v) is 3.75. The van der Waals surface area contributed by atoms with Crippen molar-refractivity contribution in [3.05, 3.63) is 33.9 Å². The number of carbonyl (C=O) groups is 2. The molecule has 0 saturated carbocycles. The predicted molar refractivity (Wildman–Crippen MR) is 88.3 cm³/mol. The lowest BCUT2D eigenvalue weighted by molar-refractivity contribution is -0.385. The Morgan fingerprint density at radius 3 is 2.64 bits per heavy atom. The average molecular weight is 349 g/mol. The number of aromatic nitrogens is 4. The number of nitro groups is 1. The summed E-state index contributed by atoms with van der Waals surface area (Å²) in [5.74, 6) is -0.900. The summed E-state index contributed by atoms with van der Waals surface area (Å²) in [5, 5.41) is 24.0. The maximum absolute atomic E-state index is 12.5. The van der Waals surface area contributed by atoms with E-state index in [0.29, 0.717) is 6.54 Å². The van der Waals surface area contributed by atoms with E-state index in [1.807, 2.05) is 6.92 Å². The van der Waals surface area contributed by atoms with E-state index in [9.17, 15) is 19.7 Å². The van der Waals surface area contributed by atoms with Crippen LogP contribution in [0.5, 0.6) is 0 Å². The zero-order valence-electron chi connectivity index (χ0n) is 14.3. The first-order valence-electron chi connectivity index (χ1n) is 7.59. The zero-order chi connectivity index (χ0) is 18.7. The van der Waals surface area contributed by atoms with Gasteiger partial charge in [-0.2, -0.15) is 10.2 Å². The van der Waals surface area contributed by atoms with Crippen molar-refractivity contribution < 1.29 is 14.5 Å². The van der Waals surface area contributed by atoms with Gasteiger partial charge >= 0.3 is 5.69 Å². The molecule has 0 saturated heterocycles. The number of hydrogen-bond acceptors (Lipinski definition) is 6. The van der Waals surface area contributed by atoms with Crippen molar-refractivity contribution in [1.29, 1.82) is 0 Å². The van der Waals surface area contributed by atoms with Gasteiger partial charge in [-0.1, -0.05) is 0 Å². The molecule has 11 heteroatoms. The van der Waals surface area contributed by atoms with Crippen LogP contribution < -0.4 is 10.6 Å². The Labute approximate surface area is 143 Å². The number of hydrogen-bond donors (Lipinski definition) is 2. The summed E-state index contributed by atoms with van der Waals surface area (Å²) in [5.41, 5.74) is 0.457. The minimum Gasteiger partial charge on any atom is -0.354 e. The molecule has 25 heavy (non-hydrogen) atoms. The van der Waals surface area contributed by atoms with Gasteiger partial charge in [0.25, 0.3) is 5.91 Å². The number of aryl methyl sites for hydroxylation is 1. The minimum atomic E-state index is -0.809. The number of amides is 2. The molecule has 11 nitrogen and oxygen atoms in total. The van der Waals surface area contributed by atoms with Gasteiger partial charge in [0.1, 0.15) is 17.9 Å². The highest BCUT2D eigenvalue weighted by Crippen LogP contribution is 2.22. The SMILES string of the molecule is CCn1cc(NC(=O)C(C)n2ncc([N+](=O)[O-])c2C)c(C(=O)NC)n1. The van der Waals surface area contributed by atoms with Gasteiger partial charge in [-0.3, -0.25) is 29.1 Å². The third-order valence-electron chi connectivity index (χ3n) is 3.75. The van der Waals surface area contributed by atoms with Crippen LogP contribution in [0.2, 0.25) is 0 Å². The molecular formula is C14H19N7O4. The minimum absolute atomic E-state index is 0.0908. The van der Waals surface area contributed by atoms with Gasteiger partial charge in [-0.15, -0.1) is 0 Å². The Kier molecular flexibility index (Phi) is 5.15. The van der Waals surface area contributed by atoms with E-state index in [0.717, 1.165) is 6.20 Å². The molecule has 134 valence electrons. The molecule has 1 atom stereocenters. The fraction of sp³-hybridized carbons (Fsp3) is 0.429. The van der Waals surface area contributed by atoms with Crippen LogP contribution in [-0.2, 0) is 11.3 Å². The summed E-state index contributed by atoms with van der Waals surface area (Å²) >= 11 is 0. The van der Waals surface area contributed by atoms with Crippen LogP contribution in [0.15, 0.2) is 12.4 Å². The van der Waals surface area contributed by atoms with E-state index < -0.39 is 22.8 Å². The van der Waals surface area contributed by atoms with Gasteiger partial charge in [0.2, 0.25) is 5.91 Å². The number of rotatable bonds is 6. The van der Waals surface area contributed by atoms with Crippen LogP contribution in [0.3, 0.4) is 0 Å². The predicted octanol–water partition coefficient (Wildman–Crippen LogP) is 0.875. The van der Waals surface area contributed by atoms with Crippen molar-refractivity contribution in [3.8, 4) is 0 Å². The molecule has 0 spiro atoms. The van der Waals surface area contributed by atoms with Gasteiger partial charge in [0, 0.05) is 19.8 Å². The Hall–Kier alpha value is -3.24. The largest absolute Gasteiger partial charge is 0.354 e. The summed E-state index contributed by atoms with van der Waals surface area (Å²) in [4.78, 5) is 34.7. The molecule has 2 amide bonds. The molecule has 2 N–H and O–H groups in total. The summed E-state index contributed by atoms with van der Waals surface area (Å²) in [7, 11) is 1.47. The highest BCUT2D eigenvalue weighted by atomic mass is 16.6. The molecule has 2 aromatic heterocycles. The standard InChI is InChI=1S/C14H19N7O4/c1-5-19-7-10(12(18-19)14(23)15-4)17-13(22)9(3)20-8(2)11(6-16-20)21(24)25/h6-7,9H,5H2,1-4H3,(H,15,23)(H,17,22). The van der Waals surface area contributed by atoms with Gasteiger partial charge in [0.05, 0.1) is 10.6 Å². The van der Waals surface area contributed by atoms with Crippen LogP contribution in [0.4, 0.5) is 11.4 Å². The van der Waals surface area contributed by atoms with Crippen molar-refractivity contribution >= 4 is 23.2 Å². The maximum atomic E-state index is 12.5. The highest BCUT2D eigenvalue weighted by molar-refractivity contribution is 6.02. The molecule has 0 radical (unpaired) electrons. The first kappa shape index (κ1) is 18.1. The lowest BCUT2D eigenvalue weighted by Crippen LogP contribution is -2.27. The van der Waals surface area contributed by atoms with Crippen LogP contribution in [0.25, 0.3) is 0 Å². The summed E-state index contributed by atoms with van der Waals surface area (Å²) in [6, 6.07) is -0.809. The van der Waals surface area contributed by atoms with Crippen molar-refractivity contribution in [3.63, 3.8) is 0 Å². The normalized spacial score (nSPS) is 11.8. The Morgan fingerprint density at radius 1 is 1.44 bits per heavy atom.